The summed E-state index contributed by atoms with van der Waals surface area (Å²) in [4.78, 5) is 4.45. The summed E-state index contributed by atoms with van der Waals surface area (Å²) in [6.45, 7) is 7.97. The summed E-state index contributed by atoms with van der Waals surface area (Å²) in [7, 11) is -1.65. The maximum atomic E-state index is 12.3. The van der Waals surface area contributed by atoms with E-state index in [0.717, 1.165) is 10.9 Å². The van der Waals surface area contributed by atoms with Crippen LogP contribution in [0.2, 0.25) is 0 Å². The molecule has 0 aliphatic heterocycles. The van der Waals surface area contributed by atoms with E-state index in [1.165, 1.54) is 0 Å². The molecular weight excluding hydrogens is 545 g/mol. The zero-order chi connectivity index (χ0) is 19.6. The van der Waals surface area contributed by atoms with E-state index in [1.54, 1.807) is 31.3 Å². The molecule has 0 saturated carbocycles. The second kappa shape index (κ2) is 13.7. The molecule has 27 heavy (non-hydrogen) atoms. The lowest BCUT2D eigenvalue weighted by molar-refractivity contribution is 0.0258. The predicted octanol–water partition coefficient (Wildman–Crippen LogP) is 3.46. The van der Waals surface area contributed by atoms with Crippen LogP contribution in [0.1, 0.15) is 27.2 Å². The molecule has 156 valence electrons. The van der Waals surface area contributed by atoms with Gasteiger partial charge in [0, 0.05) is 31.2 Å². The van der Waals surface area contributed by atoms with Crippen molar-refractivity contribution in [2.75, 3.05) is 32.5 Å². The number of nitrogens with one attached hydrogen (secondary N) is 2. The summed E-state index contributed by atoms with van der Waals surface area (Å²) in [5, 5.41) is 6.26. The molecule has 0 amide bonds. The zero-order valence-corrected chi connectivity index (χ0v) is 21.1. The van der Waals surface area contributed by atoms with Gasteiger partial charge in [0.25, 0.3) is 0 Å². The lowest BCUT2D eigenvalue weighted by Gasteiger charge is -2.21. The van der Waals surface area contributed by atoms with Crippen molar-refractivity contribution >= 4 is 55.7 Å². The fraction of sp³-hybridized carbons (Fsp3) is 0.611. The molecule has 0 saturated heterocycles. The van der Waals surface area contributed by atoms with Crippen LogP contribution in [0, 0.1) is 5.92 Å². The minimum atomic E-state index is -3.32. The van der Waals surface area contributed by atoms with Crippen LogP contribution in [-0.2, 0) is 14.6 Å². The Hall–Kier alpha value is -0.390. The van der Waals surface area contributed by atoms with Crippen molar-refractivity contribution in [3.05, 3.63) is 28.7 Å². The van der Waals surface area contributed by atoms with Crippen molar-refractivity contribution in [3.8, 4) is 0 Å². The first kappa shape index (κ1) is 26.6. The third-order valence-electron chi connectivity index (χ3n) is 3.91. The Bertz CT molecular complexity index is 667. The van der Waals surface area contributed by atoms with Gasteiger partial charge in [0.15, 0.2) is 15.8 Å². The van der Waals surface area contributed by atoms with Crippen LogP contribution in [0.5, 0.6) is 0 Å². The maximum Gasteiger partial charge on any atom is 0.191 e. The summed E-state index contributed by atoms with van der Waals surface area (Å²) in [5.41, 5.74) is 0. The van der Waals surface area contributed by atoms with Crippen molar-refractivity contribution in [2.45, 2.75) is 38.2 Å². The Morgan fingerprint density at radius 3 is 2.30 bits per heavy atom. The maximum absolute atomic E-state index is 12.3. The van der Waals surface area contributed by atoms with E-state index >= 15 is 0 Å². The molecule has 0 aromatic heterocycles. The van der Waals surface area contributed by atoms with Crippen molar-refractivity contribution < 1.29 is 13.2 Å². The normalized spacial score (nSPS) is 13.2. The highest BCUT2D eigenvalue weighted by Gasteiger charge is 2.15. The number of rotatable bonds is 10. The van der Waals surface area contributed by atoms with Gasteiger partial charge in [-0.1, -0.05) is 29.8 Å². The van der Waals surface area contributed by atoms with Gasteiger partial charge in [0.2, 0.25) is 0 Å². The summed E-state index contributed by atoms with van der Waals surface area (Å²) < 4.78 is 31.2. The monoisotopic (exact) mass is 575 g/mol. The van der Waals surface area contributed by atoms with Crippen LogP contribution < -0.4 is 10.6 Å². The number of benzene rings is 1. The molecule has 1 aromatic carbocycles. The standard InChI is InChI=1S/C18H30BrN3O3S.HI/c1-5-25-17(14(2)3)10-11-21-18(20-4)22-12-13-26(23,24)16-8-6-15(19)7-9-16;/h6-9,14,17H,5,10-13H2,1-4H3,(H2,20,21,22);1H. The van der Waals surface area contributed by atoms with Gasteiger partial charge in [-0.05, 0) is 43.5 Å². The Kier molecular flexibility index (Phi) is 13.5. The topological polar surface area (TPSA) is 79.8 Å². The summed E-state index contributed by atoms with van der Waals surface area (Å²) >= 11 is 3.31. The van der Waals surface area contributed by atoms with Crippen LogP contribution in [0.3, 0.4) is 0 Å². The van der Waals surface area contributed by atoms with Crippen molar-refractivity contribution in [1.29, 1.82) is 0 Å². The van der Waals surface area contributed by atoms with Gasteiger partial charge < -0.3 is 15.4 Å². The molecule has 0 heterocycles. The third kappa shape index (κ3) is 10.1. The molecule has 0 aliphatic carbocycles. The molecule has 0 bridgehead atoms. The molecule has 9 heteroatoms. The largest absolute Gasteiger partial charge is 0.378 e. The molecule has 1 atom stereocenters. The Labute approximate surface area is 189 Å². The SMILES string of the molecule is CCOC(CCNC(=NC)NCCS(=O)(=O)c1ccc(Br)cc1)C(C)C.I. The van der Waals surface area contributed by atoms with Gasteiger partial charge in [-0.15, -0.1) is 24.0 Å². The van der Waals surface area contributed by atoms with Gasteiger partial charge in [-0.3, -0.25) is 4.99 Å². The first-order chi connectivity index (χ1) is 12.3. The van der Waals surface area contributed by atoms with E-state index < -0.39 is 9.84 Å². The first-order valence-electron chi connectivity index (χ1n) is 8.84. The van der Waals surface area contributed by atoms with Crippen molar-refractivity contribution in [2.24, 2.45) is 10.9 Å². The fourth-order valence-corrected chi connectivity index (χ4v) is 3.86. The number of hydrogen-bond donors (Lipinski definition) is 2. The fourth-order valence-electron chi connectivity index (χ4n) is 2.44. The van der Waals surface area contributed by atoms with E-state index in [0.29, 0.717) is 29.9 Å². The van der Waals surface area contributed by atoms with E-state index in [-0.39, 0.29) is 42.4 Å². The van der Waals surface area contributed by atoms with Gasteiger partial charge in [0.05, 0.1) is 16.8 Å². The van der Waals surface area contributed by atoms with Crippen LogP contribution in [0.15, 0.2) is 38.6 Å². The zero-order valence-electron chi connectivity index (χ0n) is 16.4. The lowest BCUT2D eigenvalue weighted by atomic mass is 10.0. The first-order valence-corrected chi connectivity index (χ1v) is 11.3. The van der Waals surface area contributed by atoms with Crippen molar-refractivity contribution in [1.82, 2.24) is 10.6 Å². The highest BCUT2D eigenvalue weighted by atomic mass is 127. The molecule has 2 N–H and O–H groups in total. The van der Waals surface area contributed by atoms with E-state index in [1.807, 2.05) is 6.92 Å². The average molecular weight is 576 g/mol. The number of ether oxygens (including phenoxy) is 1. The summed E-state index contributed by atoms with van der Waals surface area (Å²) in [5.74, 6) is 1.04. The molecule has 0 aliphatic rings. The Morgan fingerprint density at radius 2 is 1.78 bits per heavy atom. The molecule has 1 aromatic rings. The van der Waals surface area contributed by atoms with Crippen LogP contribution >= 0.6 is 39.9 Å². The number of nitrogens with zero attached hydrogens (tertiary/aromatic N) is 1. The summed E-state index contributed by atoms with van der Waals surface area (Å²) in [6.07, 6.45) is 1.06. The third-order valence-corrected chi connectivity index (χ3v) is 6.17. The number of hydrogen-bond acceptors (Lipinski definition) is 4. The second-order valence-corrected chi connectivity index (χ2v) is 9.25. The molecular formula is C18H31BrIN3O3S. The molecule has 0 fully saturated rings. The summed E-state index contributed by atoms with van der Waals surface area (Å²) in [6, 6.07) is 6.66. The minimum absolute atomic E-state index is 0. The van der Waals surface area contributed by atoms with Gasteiger partial charge in [-0.2, -0.15) is 0 Å². The smallest absolute Gasteiger partial charge is 0.191 e. The molecule has 6 nitrogen and oxygen atoms in total. The van der Waals surface area contributed by atoms with Gasteiger partial charge >= 0.3 is 0 Å². The minimum Gasteiger partial charge on any atom is -0.378 e. The second-order valence-electron chi connectivity index (χ2n) is 6.23. The lowest BCUT2D eigenvalue weighted by Crippen LogP contribution is -2.41. The van der Waals surface area contributed by atoms with Gasteiger partial charge in [-0.25, -0.2) is 8.42 Å². The molecule has 0 radical (unpaired) electrons. The molecule has 1 rings (SSSR count). The Balaban J connectivity index is 0.00000676. The number of aliphatic imine (C=N–C) groups is 1. The number of halogens is 2. The highest BCUT2D eigenvalue weighted by Crippen LogP contribution is 2.15. The molecule has 1 unspecified atom stereocenters. The number of guanidine groups is 1. The predicted molar refractivity (Wildman–Crippen MR) is 126 cm³/mol. The quantitative estimate of drug-likeness (QED) is 0.254. The van der Waals surface area contributed by atoms with E-state index in [2.05, 4.69) is 45.4 Å². The van der Waals surface area contributed by atoms with Crippen LogP contribution in [0.25, 0.3) is 0 Å². The molecule has 0 spiro atoms. The van der Waals surface area contributed by atoms with Gasteiger partial charge in [0.1, 0.15) is 0 Å². The average Bonchev–Trinajstić information content (AvgIpc) is 2.59. The van der Waals surface area contributed by atoms with Crippen molar-refractivity contribution in [3.63, 3.8) is 0 Å². The van der Waals surface area contributed by atoms with Crippen LogP contribution in [0.4, 0.5) is 0 Å². The van der Waals surface area contributed by atoms with E-state index in [9.17, 15) is 8.42 Å². The Morgan fingerprint density at radius 1 is 1.19 bits per heavy atom. The highest BCUT2D eigenvalue weighted by molar-refractivity contribution is 14.0. The van der Waals surface area contributed by atoms with Crippen LogP contribution in [-0.4, -0.2) is 53.0 Å². The number of sulfone groups is 1. The van der Waals surface area contributed by atoms with E-state index in [4.69, 9.17) is 4.74 Å².